The van der Waals surface area contributed by atoms with Gasteiger partial charge in [0.25, 0.3) is 5.91 Å². The Kier molecular flexibility index (Phi) is 4.88. The van der Waals surface area contributed by atoms with Crippen LogP contribution >= 0.6 is 0 Å². The third-order valence-electron chi connectivity index (χ3n) is 3.32. The Balaban J connectivity index is 2.26. The lowest BCUT2D eigenvalue weighted by Gasteiger charge is -2.14. The zero-order chi connectivity index (χ0) is 16.1. The molecule has 5 heteroatoms. The summed E-state index contributed by atoms with van der Waals surface area (Å²) in [5.41, 5.74) is 2.02. The zero-order valence-corrected chi connectivity index (χ0v) is 13.1. The SMILES string of the molecule is COc1ccc(C(=O)Nc2cc(OC)c(C)cc2OC)cc1. The second kappa shape index (κ2) is 6.85. The van der Waals surface area contributed by atoms with Crippen LogP contribution in [0.1, 0.15) is 15.9 Å². The Bertz CT molecular complexity index is 665. The monoisotopic (exact) mass is 301 g/mol. The van der Waals surface area contributed by atoms with Gasteiger partial charge in [0.2, 0.25) is 0 Å². The Morgan fingerprint density at radius 3 is 2.09 bits per heavy atom. The van der Waals surface area contributed by atoms with Crippen LogP contribution in [0.25, 0.3) is 0 Å². The van der Waals surface area contributed by atoms with E-state index in [1.165, 1.54) is 0 Å². The fraction of sp³-hybridized carbons (Fsp3) is 0.235. The number of hydrogen-bond donors (Lipinski definition) is 1. The topological polar surface area (TPSA) is 56.8 Å². The molecule has 0 aliphatic rings. The molecule has 0 radical (unpaired) electrons. The lowest BCUT2D eigenvalue weighted by atomic mass is 10.1. The van der Waals surface area contributed by atoms with Gasteiger partial charge < -0.3 is 19.5 Å². The van der Waals surface area contributed by atoms with E-state index >= 15 is 0 Å². The molecule has 2 aromatic carbocycles. The first kappa shape index (κ1) is 15.7. The number of ether oxygens (including phenoxy) is 3. The molecule has 116 valence electrons. The predicted molar refractivity (Wildman–Crippen MR) is 85.2 cm³/mol. The first-order chi connectivity index (χ1) is 10.6. The summed E-state index contributed by atoms with van der Waals surface area (Å²) < 4.78 is 15.7. The number of carbonyl (C=O) groups excluding carboxylic acids is 1. The van der Waals surface area contributed by atoms with E-state index < -0.39 is 0 Å². The summed E-state index contributed by atoms with van der Waals surface area (Å²) in [6.45, 7) is 1.91. The maximum atomic E-state index is 12.3. The van der Waals surface area contributed by atoms with Gasteiger partial charge in [-0.1, -0.05) is 0 Å². The molecular formula is C17H19NO4. The van der Waals surface area contributed by atoms with Crippen LogP contribution in [0.5, 0.6) is 17.2 Å². The molecule has 0 fully saturated rings. The fourth-order valence-electron chi connectivity index (χ4n) is 2.08. The molecule has 22 heavy (non-hydrogen) atoms. The van der Waals surface area contributed by atoms with Gasteiger partial charge >= 0.3 is 0 Å². The van der Waals surface area contributed by atoms with Gasteiger partial charge in [0.1, 0.15) is 17.2 Å². The van der Waals surface area contributed by atoms with Crippen molar-refractivity contribution in [2.45, 2.75) is 6.92 Å². The molecular weight excluding hydrogens is 282 g/mol. The number of aryl methyl sites for hydroxylation is 1. The van der Waals surface area contributed by atoms with Crippen LogP contribution in [0.15, 0.2) is 36.4 Å². The van der Waals surface area contributed by atoms with E-state index in [0.29, 0.717) is 28.5 Å². The molecule has 0 aliphatic carbocycles. The highest BCUT2D eigenvalue weighted by atomic mass is 16.5. The molecule has 0 unspecified atom stereocenters. The van der Waals surface area contributed by atoms with Crippen LogP contribution in [0.4, 0.5) is 5.69 Å². The molecule has 1 N–H and O–H groups in total. The highest BCUT2D eigenvalue weighted by molar-refractivity contribution is 6.05. The highest BCUT2D eigenvalue weighted by Gasteiger charge is 2.13. The van der Waals surface area contributed by atoms with Crippen molar-refractivity contribution in [3.8, 4) is 17.2 Å². The van der Waals surface area contributed by atoms with Gasteiger partial charge in [0, 0.05) is 11.6 Å². The molecule has 0 aromatic heterocycles. The Morgan fingerprint density at radius 2 is 1.55 bits per heavy atom. The van der Waals surface area contributed by atoms with E-state index in [4.69, 9.17) is 14.2 Å². The van der Waals surface area contributed by atoms with Gasteiger partial charge in [-0.3, -0.25) is 4.79 Å². The molecule has 0 saturated heterocycles. The second-order valence-corrected chi connectivity index (χ2v) is 4.70. The molecule has 0 saturated carbocycles. The maximum absolute atomic E-state index is 12.3. The van der Waals surface area contributed by atoms with Crippen LogP contribution in [0, 0.1) is 6.92 Å². The summed E-state index contributed by atoms with van der Waals surface area (Å²) >= 11 is 0. The molecule has 0 spiro atoms. The van der Waals surface area contributed by atoms with E-state index in [-0.39, 0.29) is 5.91 Å². The van der Waals surface area contributed by atoms with E-state index in [0.717, 1.165) is 5.56 Å². The molecule has 2 aromatic rings. The van der Waals surface area contributed by atoms with E-state index in [9.17, 15) is 4.79 Å². The number of rotatable bonds is 5. The maximum Gasteiger partial charge on any atom is 0.255 e. The predicted octanol–water partition coefficient (Wildman–Crippen LogP) is 3.27. The summed E-state index contributed by atoms with van der Waals surface area (Å²) in [6, 6.07) is 10.4. The van der Waals surface area contributed by atoms with Crippen molar-refractivity contribution in [3.63, 3.8) is 0 Å². The van der Waals surface area contributed by atoms with Crippen molar-refractivity contribution in [2.24, 2.45) is 0 Å². The standard InChI is InChI=1S/C17H19NO4/c1-11-9-16(22-4)14(10-15(11)21-3)18-17(19)12-5-7-13(20-2)8-6-12/h5-10H,1-4H3,(H,18,19). The minimum absolute atomic E-state index is 0.230. The smallest absolute Gasteiger partial charge is 0.255 e. The molecule has 0 heterocycles. The summed E-state index contributed by atoms with van der Waals surface area (Å²) in [5.74, 6) is 1.74. The van der Waals surface area contributed by atoms with Gasteiger partial charge in [-0.15, -0.1) is 0 Å². The number of anilines is 1. The van der Waals surface area contributed by atoms with Gasteiger partial charge in [0.05, 0.1) is 27.0 Å². The summed E-state index contributed by atoms with van der Waals surface area (Å²) in [4.78, 5) is 12.3. The third-order valence-corrected chi connectivity index (χ3v) is 3.32. The number of methoxy groups -OCH3 is 3. The summed E-state index contributed by atoms with van der Waals surface area (Å²) in [7, 11) is 4.73. The van der Waals surface area contributed by atoms with Crippen molar-refractivity contribution >= 4 is 11.6 Å². The Labute approximate surface area is 129 Å². The average Bonchev–Trinajstić information content (AvgIpc) is 2.55. The van der Waals surface area contributed by atoms with Crippen molar-refractivity contribution in [1.29, 1.82) is 0 Å². The number of nitrogens with one attached hydrogen (secondary N) is 1. The van der Waals surface area contributed by atoms with Gasteiger partial charge in [0.15, 0.2) is 0 Å². The fourth-order valence-corrected chi connectivity index (χ4v) is 2.08. The number of carbonyl (C=O) groups is 1. The lowest BCUT2D eigenvalue weighted by molar-refractivity contribution is 0.102. The molecule has 0 aliphatic heterocycles. The molecule has 0 atom stereocenters. The Hall–Kier alpha value is -2.69. The second-order valence-electron chi connectivity index (χ2n) is 4.70. The largest absolute Gasteiger partial charge is 0.497 e. The van der Waals surface area contributed by atoms with Gasteiger partial charge in [-0.25, -0.2) is 0 Å². The normalized spacial score (nSPS) is 10.0. The molecule has 1 amide bonds. The van der Waals surface area contributed by atoms with Crippen molar-refractivity contribution in [2.75, 3.05) is 26.6 Å². The number of amides is 1. The van der Waals surface area contributed by atoms with Crippen LogP contribution < -0.4 is 19.5 Å². The molecule has 2 rings (SSSR count). The lowest BCUT2D eigenvalue weighted by Crippen LogP contribution is -2.13. The first-order valence-corrected chi connectivity index (χ1v) is 6.77. The number of benzene rings is 2. The van der Waals surface area contributed by atoms with Crippen LogP contribution in [-0.4, -0.2) is 27.2 Å². The minimum atomic E-state index is -0.230. The van der Waals surface area contributed by atoms with E-state index in [1.807, 2.05) is 13.0 Å². The zero-order valence-electron chi connectivity index (χ0n) is 13.1. The quantitative estimate of drug-likeness (QED) is 0.921. The summed E-state index contributed by atoms with van der Waals surface area (Å²) in [6.07, 6.45) is 0. The number of hydrogen-bond acceptors (Lipinski definition) is 4. The minimum Gasteiger partial charge on any atom is -0.497 e. The van der Waals surface area contributed by atoms with Gasteiger partial charge in [-0.2, -0.15) is 0 Å². The van der Waals surface area contributed by atoms with Crippen LogP contribution in [-0.2, 0) is 0 Å². The van der Waals surface area contributed by atoms with E-state index in [1.54, 1.807) is 51.7 Å². The first-order valence-electron chi connectivity index (χ1n) is 6.77. The Morgan fingerprint density at radius 1 is 0.909 bits per heavy atom. The molecule has 5 nitrogen and oxygen atoms in total. The van der Waals surface area contributed by atoms with E-state index in [2.05, 4.69) is 5.32 Å². The average molecular weight is 301 g/mol. The van der Waals surface area contributed by atoms with Crippen molar-refractivity contribution in [1.82, 2.24) is 0 Å². The third kappa shape index (κ3) is 3.31. The molecule has 0 bridgehead atoms. The highest BCUT2D eigenvalue weighted by Crippen LogP contribution is 2.32. The van der Waals surface area contributed by atoms with Crippen LogP contribution in [0.2, 0.25) is 0 Å². The van der Waals surface area contributed by atoms with Crippen LogP contribution in [0.3, 0.4) is 0 Å². The van der Waals surface area contributed by atoms with Gasteiger partial charge in [-0.05, 0) is 42.8 Å². The van der Waals surface area contributed by atoms with Crippen molar-refractivity contribution < 1.29 is 19.0 Å². The van der Waals surface area contributed by atoms with Crippen molar-refractivity contribution in [3.05, 3.63) is 47.5 Å². The summed E-state index contributed by atoms with van der Waals surface area (Å²) in [5, 5.41) is 2.83.